The van der Waals surface area contributed by atoms with Crippen molar-refractivity contribution in [2.24, 2.45) is 0 Å². The molecular weight excluding hydrogens is 462 g/mol. The van der Waals surface area contributed by atoms with E-state index in [0.717, 1.165) is 21.7 Å². The summed E-state index contributed by atoms with van der Waals surface area (Å²) in [5, 5.41) is 3.08. The molecule has 0 unspecified atom stereocenters. The highest BCUT2D eigenvalue weighted by molar-refractivity contribution is 7.92. The van der Waals surface area contributed by atoms with Crippen LogP contribution < -0.4 is 9.62 Å². The van der Waals surface area contributed by atoms with Gasteiger partial charge in [-0.1, -0.05) is 60.5 Å². The summed E-state index contributed by atoms with van der Waals surface area (Å²) < 4.78 is 26.1. The van der Waals surface area contributed by atoms with Crippen molar-refractivity contribution in [2.75, 3.05) is 17.1 Å². The molecule has 1 atom stereocenters. The van der Waals surface area contributed by atoms with Crippen molar-refractivity contribution >= 4 is 39.1 Å². The van der Waals surface area contributed by atoms with Crippen LogP contribution in [0, 0.1) is 6.92 Å². The Labute approximate surface area is 201 Å². The van der Waals surface area contributed by atoms with E-state index in [2.05, 4.69) is 5.32 Å². The van der Waals surface area contributed by atoms with Crippen LogP contribution in [0.5, 0.6) is 0 Å². The normalized spacial score (nSPS) is 12.3. The van der Waals surface area contributed by atoms with Gasteiger partial charge in [0.1, 0.15) is 12.6 Å². The lowest BCUT2D eigenvalue weighted by molar-refractivity contribution is -0.140. The van der Waals surface area contributed by atoms with E-state index < -0.39 is 28.5 Å². The van der Waals surface area contributed by atoms with Crippen LogP contribution in [0.25, 0.3) is 0 Å². The maximum Gasteiger partial charge on any atom is 0.244 e. The second-order valence-electron chi connectivity index (χ2n) is 8.32. The van der Waals surface area contributed by atoms with Gasteiger partial charge in [-0.15, -0.1) is 0 Å². The summed E-state index contributed by atoms with van der Waals surface area (Å²) in [6, 6.07) is 13.2. The number of rotatable bonds is 10. The summed E-state index contributed by atoms with van der Waals surface area (Å²) in [5.74, 6) is -0.775. The van der Waals surface area contributed by atoms with E-state index in [9.17, 15) is 18.0 Å². The Morgan fingerprint density at radius 2 is 1.67 bits per heavy atom. The van der Waals surface area contributed by atoms with Crippen molar-refractivity contribution in [3.8, 4) is 0 Å². The molecular formula is C24H32ClN3O4S. The SMILES string of the molecule is CC[C@@H](C(=O)NC(C)C)N(Cc1ccc(C)cc1)C(=O)CN(c1ccccc1Cl)S(C)(=O)=O. The molecule has 2 amide bonds. The number of halogens is 1. The molecule has 0 aliphatic heterocycles. The topological polar surface area (TPSA) is 86.8 Å². The summed E-state index contributed by atoms with van der Waals surface area (Å²) >= 11 is 6.24. The fourth-order valence-electron chi connectivity index (χ4n) is 3.44. The number of hydrogen-bond acceptors (Lipinski definition) is 4. The molecule has 0 aliphatic rings. The van der Waals surface area contributed by atoms with Gasteiger partial charge >= 0.3 is 0 Å². The number of nitrogens with one attached hydrogen (secondary N) is 1. The zero-order valence-corrected chi connectivity index (χ0v) is 21.3. The first-order valence-electron chi connectivity index (χ1n) is 10.8. The lowest BCUT2D eigenvalue weighted by Gasteiger charge is -2.33. The summed E-state index contributed by atoms with van der Waals surface area (Å²) in [6.45, 7) is 7.18. The van der Waals surface area contributed by atoms with E-state index in [1.807, 2.05) is 52.0 Å². The van der Waals surface area contributed by atoms with Gasteiger partial charge in [0.15, 0.2) is 0 Å². The minimum atomic E-state index is -3.82. The Kier molecular flexibility index (Phi) is 9.31. The highest BCUT2D eigenvalue weighted by atomic mass is 35.5. The van der Waals surface area contributed by atoms with Crippen LogP contribution in [0.2, 0.25) is 5.02 Å². The third-order valence-electron chi connectivity index (χ3n) is 5.09. The molecule has 0 saturated carbocycles. The van der Waals surface area contributed by atoms with Crippen LogP contribution in [0.4, 0.5) is 5.69 Å². The highest BCUT2D eigenvalue weighted by Gasteiger charge is 2.32. The lowest BCUT2D eigenvalue weighted by atomic mass is 10.1. The van der Waals surface area contributed by atoms with Crippen molar-refractivity contribution in [3.63, 3.8) is 0 Å². The Bertz CT molecular complexity index is 1070. The molecule has 180 valence electrons. The van der Waals surface area contributed by atoms with E-state index in [1.54, 1.807) is 24.3 Å². The van der Waals surface area contributed by atoms with Gasteiger partial charge in [-0.25, -0.2) is 8.42 Å². The van der Waals surface area contributed by atoms with Gasteiger partial charge in [0.25, 0.3) is 0 Å². The van der Waals surface area contributed by atoms with Crippen molar-refractivity contribution in [3.05, 3.63) is 64.7 Å². The molecule has 0 fully saturated rings. The van der Waals surface area contributed by atoms with Gasteiger partial charge in [0.2, 0.25) is 21.8 Å². The molecule has 9 heteroatoms. The number of para-hydroxylation sites is 1. The number of hydrogen-bond donors (Lipinski definition) is 1. The summed E-state index contributed by atoms with van der Waals surface area (Å²) in [6.07, 6.45) is 1.40. The Hall–Kier alpha value is -2.58. The van der Waals surface area contributed by atoms with Crippen LogP contribution in [0.3, 0.4) is 0 Å². The summed E-state index contributed by atoms with van der Waals surface area (Å²) in [7, 11) is -3.82. The zero-order valence-electron chi connectivity index (χ0n) is 19.7. The second-order valence-corrected chi connectivity index (χ2v) is 10.6. The predicted molar refractivity (Wildman–Crippen MR) is 133 cm³/mol. The molecule has 7 nitrogen and oxygen atoms in total. The largest absolute Gasteiger partial charge is 0.352 e. The monoisotopic (exact) mass is 493 g/mol. The molecule has 0 bridgehead atoms. The van der Waals surface area contributed by atoms with E-state index in [-0.39, 0.29) is 29.2 Å². The van der Waals surface area contributed by atoms with Crippen LogP contribution >= 0.6 is 11.6 Å². The third-order valence-corrected chi connectivity index (χ3v) is 6.54. The predicted octanol–water partition coefficient (Wildman–Crippen LogP) is 3.75. The molecule has 2 aromatic carbocycles. The average molecular weight is 494 g/mol. The lowest BCUT2D eigenvalue weighted by Crippen LogP contribution is -2.53. The van der Waals surface area contributed by atoms with Crippen molar-refractivity contribution in [1.82, 2.24) is 10.2 Å². The van der Waals surface area contributed by atoms with Crippen molar-refractivity contribution < 1.29 is 18.0 Å². The number of benzene rings is 2. The Balaban J connectivity index is 2.44. The molecule has 0 radical (unpaired) electrons. The molecule has 33 heavy (non-hydrogen) atoms. The Morgan fingerprint density at radius 3 is 2.18 bits per heavy atom. The molecule has 0 heterocycles. The van der Waals surface area contributed by atoms with E-state index >= 15 is 0 Å². The van der Waals surface area contributed by atoms with Crippen LogP contribution in [0.1, 0.15) is 38.3 Å². The minimum absolute atomic E-state index is 0.0986. The molecule has 0 saturated heterocycles. The van der Waals surface area contributed by atoms with Crippen LogP contribution in [-0.2, 0) is 26.2 Å². The first kappa shape index (κ1) is 26.7. The van der Waals surface area contributed by atoms with Gasteiger partial charge < -0.3 is 10.2 Å². The molecule has 2 rings (SSSR count). The smallest absolute Gasteiger partial charge is 0.244 e. The highest BCUT2D eigenvalue weighted by Crippen LogP contribution is 2.27. The van der Waals surface area contributed by atoms with Gasteiger partial charge in [-0.2, -0.15) is 0 Å². The van der Waals surface area contributed by atoms with E-state index in [1.165, 1.54) is 4.90 Å². The minimum Gasteiger partial charge on any atom is -0.352 e. The van der Waals surface area contributed by atoms with Crippen LogP contribution in [0.15, 0.2) is 48.5 Å². The van der Waals surface area contributed by atoms with E-state index in [4.69, 9.17) is 11.6 Å². The number of anilines is 1. The quantitative estimate of drug-likeness (QED) is 0.546. The molecule has 0 aromatic heterocycles. The molecule has 0 spiro atoms. The summed E-state index contributed by atoms with van der Waals surface area (Å²) in [5.41, 5.74) is 2.13. The van der Waals surface area contributed by atoms with Crippen LogP contribution in [-0.4, -0.2) is 50.0 Å². The second kappa shape index (κ2) is 11.5. The van der Waals surface area contributed by atoms with Gasteiger partial charge in [0.05, 0.1) is 17.0 Å². The fraction of sp³-hybridized carbons (Fsp3) is 0.417. The van der Waals surface area contributed by atoms with Gasteiger partial charge in [-0.3, -0.25) is 13.9 Å². The number of carbonyl (C=O) groups excluding carboxylic acids is 2. The van der Waals surface area contributed by atoms with Gasteiger partial charge in [-0.05, 0) is 44.9 Å². The maximum absolute atomic E-state index is 13.5. The number of nitrogens with zero attached hydrogens (tertiary/aromatic N) is 2. The summed E-state index contributed by atoms with van der Waals surface area (Å²) in [4.78, 5) is 27.9. The van der Waals surface area contributed by atoms with E-state index in [0.29, 0.717) is 6.42 Å². The number of carbonyl (C=O) groups is 2. The van der Waals surface area contributed by atoms with Crippen molar-refractivity contribution in [2.45, 2.75) is 52.7 Å². The first-order valence-corrected chi connectivity index (χ1v) is 13.0. The Morgan fingerprint density at radius 1 is 1.06 bits per heavy atom. The zero-order chi connectivity index (χ0) is 24.8. The average Bonchev–Trinajstić information content (AvgIpc) is 2.72. The molecule has 0 aliphatic carbocycles. The van der Waals surface area contributed by atoms with Gasteiger partial charge in [0, 0.05) is 12.6 Å². The number of aryl methyl sites for hydroxylation is 1. The standard InChI is InChI=1S/C24H32ClN3O4S/c1-6-21(24(30)26-17(2)3)27(15-19-13-11-18(4)12-14-19)23(29)16-28(33(5,31)32)22-10-8-7-9-20(22)25/h7-14,17,21H,6,15-16H2,1-5H3,(H,26,30)/t21-/m0/s1. The molecule has 1 N–H and O–H groups in total. The number of amides is 2. The first-order chi connectivity index (χ1) is 15.4. The number of sulfonamides is 1. The maximum atomic E-state index is 13.5. The van der Waals surface area contributed by atoms with Crippen molar-refractivity contribution in [1.29, 1.82) is 0 Å². The third kappa shape index (κ3) is 7.47. The molecule has 2 aromatic rings. The fourth-order valence-corrected chi connectivity index (χ4v) is 4.59.